The van der Waals surface area contributed by atoms with E-state index in [1.54, 1.807) is 36.1 Å². The molecule has 1 heterocycles. The Balaban J connectivity index is 1.70. The van der Waals surface area contributed by atoms with Gasteiger partial charge >= 0.3 is 0 Å². The number of piperidine rings is 1. The average molecular weight is 486 g/mol. The Kier molecular flexibility index (Phi) is 8.02. The monoisotopic (exact) mass is 485 g/mol. The second kappa shape index (κ2) is 10.6. The van der Waals surface area contributed by atoms with Gasteiger partial charge in [0, 0.05) is 36.3 Å². The van der Waals surface area contributed by atoms with Crippen molar-refractivity contribution < 1.29 is 18.0 Å². The van der Waals surface area contributed by atoms with Gasteiger partial charge in [0.1, 0.15) is 0 Å². The molecule has 2 amide bonds. The molecule has 0 aliphatic carbocycles. The summed E-state index contributed by atoms with van der Waals surface area (Å²) < 4.78 is 28.5. The summed E-state index contributed by atoms with van der Waals surface area (Å²) >= 11 is 0. The predicted octanol–water partition coefficient (Wildman–Crippen LogP) is 4.12. The zero-order valence-corrected chi connectivity index (χ0v) is 21.4. The highest BCUT2D eigenvalue weighted by Crippen LogP contribution is 2.24. The lowest BCUT2D eigenvalue weighted by atomic mass is 9.94. The van der Waals surface area contributed by atoms with Crippen molar-refractivity contribution in [1.82, 2.24) is 10.2 Å². The number of rotatable bonds is 7. The number of aryl methyl sites for hydroxylation is 2. The Morgan fingerprint density at radius 2 is 1.68 bits per heavy atom. The van der Waals surface area contributed by atoms with Gasteiger partial charge in [-0.1, -0.05) is 32.0 Å². The number of nitrogens with zero attached hydrogens (tertiary/aromatic N) is 1. The average Bonchev–Trinajstić information content (AvgIpc) is 2.78. The van der Waals surface area contributed by atoms with E-state index >= 15 is 0 Å². The second-order valence-electron chi connectivity index (χ2n) is 9.56. The van der Waals surface area contributed by atoms with E-state index in [0.29, 0.717) is 48.7 Å². The number of nitrogens with one attached hydrogen (secondary N) is 2. The van der Waals surface area contributed by atoms with Crippen molar-refractivity contribution in [3.05, 3.63) is 59.2 Å². The minimum atomic E-state index is -3.85. The number of anilines is 1. The largest absolute Gasteiger partial charge is 0.353 e. The molecule has 184 valence electrons. The van der Waals surface area contributed by atoms with Gasteiger partial charge in [-0.3, -0.25) is 14.3 Å². The number of hydrogen-bond acceptors (Lipinski definition) is 4. The molecule has 1 unspecified atom stereocenters. The quantitative estimate of drug-likeness (QED) is 0.617. The summed E-state index contributed by atoms with van der Waals surface area (Å²) in [6, 6.07) is 11.8. The summed E-state index contributed by atoms with van der Waals surface area (Å²) in [6.07, 6.45) is 1.18. The molecule has 3 rings (SSSR count). The van der Waals surface area contributed by atoms with Crippen molar-refractivity contribution in [2.45, 2.75) is 58.4 Å². The van der Waals surface area contributed by atoms with Gasteiger partial charge < -0.3 is 10.2 Å². The van der Waals surface area contributed by atoms with Crippen LogP contribution in [-0.2, 0) is 14.8 Å². The predicted molar refractivity (Wildman–Crippen MR) is 134 cm³/mol. The lowest BCUT2D eigenvalue weighted by Crippen LogP contribution is -2.45. The summed E-state index contributed by atoms with van der Waals surface area (Å²) in [6.45, 7) is 10.7. The lowest BCUT2D eigenvalue weighted by Gasteiger charge is -2.32. The minimum Gasteiger partial charge on any atom is -0.353 e. The van der Waals surface area contributed by atoms with Crippen LogP contribution in [0.1, 0.15) is 55.1 Å². The molecule has 1 fully saturated rings. The fraction of sp³-hybridized carbons (Fsp3) is 0.462. The molecular formula is C26H35N3O4S. The zero-order chi connectivity index (χ0) is 25.0. The number of amides is 2. The highest BCUT2D eigenvalue weighted by Gasteiger charge is 2.30. The number of carbonyl (C=O) groups excluding carboxylic acids is 2. The highest BCUT2D eigenvalue weighted by molar-refractivity contribution is 7.92. The summed E-state index contributed by atoms with van der Waals surface area (Å²) in [5.41, 5.74) is 2.49. The van der Waals surface area contributed by atoms with E-state index in [-0.39, 0.29) is 28.7 Å². The van der Waals surface area contributed by atoms with E-state index in [2.05, 4.69) is 23.9 Å². The lowest BCUT2D eigenvalue weighted by molar-refractivity contribution is -0.127. The molecule has 1 atom stereocenters. The van der Waals surface area contributed by atoms with Crippen molar-refractivity contribution in [2.24, 2.45) is 11.8 Å². The molecule has 1 aliphatic heterocycles. The first-order chi connectivity index (χ1) is 16.0. The standard InChI is InChI=1S/C26H35N3O4S/c1-17(2)20(5)27-25(30)21-11-13-29(14-12-21)26(31)24-16-23(10-9-19(24)4)34(32,33)28-22-8-6-7-18(3)15-22/h6-10,15-17,20-21,28H,11-14H2,1-5H3,(H,27,30). The molecule has 2 aromatic rings. The minimum absolute atomic E-state index is 0.0415. The third kappa shape index (κ3) is 6.17. The topological polar surface area (TPSA) is 95.6 Å². The van der Waals surface area contributed by atoms with E-state index in [4.69, 9.17) is 0 Å². The molecule has 8 heteroatoms. The number of carbonyl (C=O) groups is 2. The molecule has 0 radical (unpaired) electrons. The Morgan fingerprint density at radius 1 is 1.00 bits per heavy atom. The Labute approximate surface area is 203 Å². The summed E-state index contributed by atoms with van der Waals surface area (Å²) in [5.74, 6) is 0.0773. The molecule has 1 saturated heterocycles. The van der Waals surface area contributed by atoms with Crippen LogP contribution in [0.15, 0.2) is 47.4 Å². The molecule has 0 bridgehead atoms. The maximum atomic E-state index is 13.3. The van der Waals surface area contributed by atoms with Crippen molar-refractivity contribution in [2.75, 3.05) is 17.8 Å². The first-order valence-corrected chi connectivity index (χ1v) is 13.3. The first-order valence-electron chi connectivity index (χ1n) is 11.8. The van der Waals surface area contributed by atoms with Gasteiger partial charge in [0.15, 0.2) is 0 Å². The van der Waals surface area contributed by atoms with Crippen molar-refractivity contribution in [3.63, 3.8) is 0 Å². The van der Waals surface area contributed by atoms with Crippen LogP contribution in [0.2, 0.25) is 0 Å². The number of benzene rings is 2. The van der Waals surface area contributed by atoms with Crippen LogP contribution in [0.4, 0.5) is 5.69 Å². The summed E-state index contributed by atoms with van der Waals surface area (Å²) in [5, 5.41) is 3.07. The maximum Gasteiger partial charge on any atom is 0.261 e. The molecule has 0 spiro atoms. The van der Waals surface area contributed by atoms with E-state index in [0.717, 1.165) is 5.56 Å². The van der Waals surface area contributed by atoms with Crippen LogP contribution in [0.3, 0.4) is 0 Å². The SMILES string of the molecule is Cc1cccc(NS(=O)(=O)c2ccc(C)c(C(=O)N3CCC(C(=O)NC(C)C(C)C)CC3)c2)c1. The number of sulfonamides is 1. The first kappa shape index (κ1) is 25.7. The molecule has 7 nitrogen and oxygen atoms in total. The molecule has 0 saturated carbocycles. The normalized spacial score (nSPS) is 15.8. The molecule has 2 N–H and O–H groups in total. The number of hydrogen-bond donors (Lipinski definition) is 2. The van der Waals surface area contributed by atoms with E-state index in [9.17, 15) is 18.0 Å². The third-order valence-electron chi connectivity index (χ3n) is 6.54. The van der Waals surface area contributed by atoms with Gasteiger partial charge in [-0.15, -0.1) is 0 Å². The summed E-state index contributed by atoms with van der Waals surface area (Å²) in [4.78, 5) is 27.6. The Bertz CT molecular complexity index is 1150. The van der Waals surface area contributed by atoms with E-state index in [1.807, 2.05) is 19.9 Å². The van der Waals surface area contributed by atoms with Crippen LogP contribution in [-0.4, -0.2) is 44.3 Å². The van der Waals surface area contributed by atoms with Gasteiger partial charge in [0.2, 0.25) is 5.91 Å². The zero-order valence-electron chi connectivity index (χ0n) is 20.6. The molecular weight excluding hydrogens is 450 g/mol. The van der Waals surface area contributed by atoms with Crippen LogP contribution >= 0.6 is 0 Å². The maximum absolute atomic E-state index is 13.3. The van der Waals surface area contributed by atoms with Crippen molar-refractivity contribution in [1.29, 1.82) is 0 Å². The van der Waals surface area contributed by atoms with E-state index in [1.165, 1.54) is 12.1 Å². The van der Waals surface area contributed by atoms with Gasteiger partial charge in [-0.05, 0) is 74.9 Å². The second-order valence-corrected chi connectivity index (χ2v) is 11.2. The van der Waals surface area contributed by atoms with Gasteiger partial charge in [0.05, 0.1) is 4.90 Å². The van der Waals surface area contributed by atoms with Gasteiger partial charge in [-0.2, -0.15) is 0 Å². The van der Waals surface area contributed by atoms with Gasteiger partial charge in [-0.25, -0.2) is 8.42 Å². The number of likely N-dealkylation sites (tertiary alicyclic amines) is 1. The fourth-order valence-electron chi connectivity index (χ4n) is 3.95. The molecule has 2 aromatic carbocycles. The van der Waals surface area contributed by atoms with E-state index < -0.39 is 10.0 Å². The van der Waals surface area contributed by atoms with Crippen LogP contribution in [0.25, 0.3) is 0 Å². The van der Waals surface area contributed by atoms with Crippen LogP contribution in [0.5, 0.6) is 0 Å². The summed E-state index contributed by atoms with van der Waals surface area (Å²) in [7, 11) is -3.85. The Morgan fingerprint density at radius 3 is 2.29 bits per heavy atom. The molecule has 0 aromatic heterocycles. The van der Waals surface area contributed by atoms with Crippen molar-refractivity contribution >= 4 is 27.5 Å². The third-order valence-corrected chi connectivity index (χ3v) is 7.92. The molecule has 1 aliphatic rings. The smallest absolute Gasteiger partial charge is 0.261 e. The molecule has 34 heavy (non-hydrogen) atoms. The van der Waals surface area contributed by atoms with Crippen LogP contribution < -0.4 is 10.0 Å². The van der Waals surface area contributed by atoms with Crippen LogP contribution in [0, 0.1) is 25.7 Å². The van der Waals surface area contributed by atoms with Crippen molar-refractivity contribution in [3.8, 4) is 0 Å². The Hall–Kier alpha value is -2.87. The fourth-order valence-corrected chi connectivity index (χ4v) is 5.02. The van der Waals surface area contributed by atoms with Gasteiger partial charge in [0.25, 0.3) is 15.9 Å². The highest BCUT2D eigenvalue weighted by atomic mass is 32.2.